The number of aryl methyl sites for hydroxylation is 1. The summed E-state index contributed by atoms with van der Waals surface area (Å²) in [5.74, 6) is 0.346. The number of Topliss-reactive ketones (excluding diaryl/α,β-unsaturated/α-hetero) is 1. The molecule has 0 radical (unpaired) electrons. The molecule has 0 saturated carbocycles. The summed E-state index contributed by atoms with van der Waals surface area (Å²) < 4.78 is 1.99. The molecule has 0 atom stereocenters. The molecule has 0 aromatic carbocycles. The average molecular weight is 164 g/mol. The number of hydrogen-bond acceptors (Lipinski definition) is 2. The summed E-state index contributed by atoms with van der Waals surface area (Å²) in [6, 6.07) is 0. The Labute approximate surface area is 71.4 Å². The Balaban J connectivity index is 2.38. The van der Waals surface area contributed by atoms with Crippen LogP contribution in [0.15, 0.2) is 6.20 Å². The minimum Gasteiger partial charge on any atom is -0.299 e. The molecule has 0 bridgehead atoms. The summed E-state index contributed by atoms with van der Waals surface area (Å²) >= 11 is 0. The normalized spacial score (nSPS) is 16.2. The molecule has 0 saturated heterocycles. The molecule has 3 nitrogen and oxygen atoms in total. The van der Waals surface area contributed by atoms with Crippen molar-refractivity contribution in [1.82, 2.24) is 9.78 Å². The molecule has 0 amide bonds. The Morgan fingerprint density at radius 2 is 2.42 bits per heavy atom. The lowest BCUT2D eigenvalue weighted by atomic mass is 9.97. The minimum atomic E-state index is 0.346. The van der Waals surface area contributed by atoms with E-state index in [-0.39, 0.29) is 0 Å². The molecule has 2 rings (SSSR count). The van der Waals surface area contributed by atoms with Crippen molar-refractivity contribution in [3.05, 3.63) is 17.5 Å². The molecular formula is C9H12N2O. The molecule has 64 valence electrons. The molecule has 0 spiro atoms. The number of nitrogens with zero attached hydrogens (tertiary/aromatic N) is 2. The second kappa shape index (κ2) is 2.73. The zero-order valence-corrected chi connectivity index (χ0v) is 7.21. The van der Waals surface area contributed by atoms with Gasteiger partial charge in [0.15, 0.2) is 0 Å². The van der Waals surface area contributed by atoms with E-state index in [1.54, 1.807) is 0 Å². The van der Waals surface area contributed by atoms with Crippen LogP contribution in [-0.4, -0.2) is 15.6 Å². The first-order valence-electron chi connectivity index (χ1n) is 4.36. The van der Waals surface area contributed by atoms with Gasteiger partial charge in [0.25, 0.3) is 0 Å². The van der Waals surface area contributed by atoms with Gasteiger partial charge in [0.05, 0.1) is 6.20 Å². The lowest BCUT2D eigenvalue weighted by Crippen LogP contribution is -2.15. The van der Waals surface area contributed by atoms with Crippen molar-refractivity contribution in [2.75, 3.05) is 0 Å². The number of ketones is 1. The lowest BCUT2D eigenvalue weighted by molar-refractivity contribution is -0.118. The van der Waals surface area contributed by atoms with E-state index in [1.807, 2.05) is 10.9 Å². The van der Waals surface area contributed by atoms with Gasteiger partial charge in [0.1, 0.15) is 5.78 Å². The van der Waals surface area contributed by atoms with E-state index in [4.69, 9.17) is 0 Å². The fourth-order valence-electron chi connectivity index (χ4n) is 1.72. The molecule has 1 heterocycles. The largest absolute Gasteiger partial charge is 0.299 e. The van der Waals surface area contributed by atoms with Gasteiger partial charge in [-0.3, -0.25) is 9.48 Å². The van der Waals surface area contributed by atoms with Crippen LogP contribution in [-0.2, 0) is 24.2 Å². The smallest absolute Gasteiger partial charge is 0.137 e. The zero-order valence-electron chi connectivity index (χ0n) is 7.21. The van der Waals surface area contributed by atoms with Crippen LogP contribution in [0.2, 0.25) is 0 Å². The third-order valence-electron chi connectivity index (χ3n) is 2.36. The van der Waals surface area contributed by atoms with Gasteiger partial charge in [-0.15, -0.1) is 0 Å². The molecular weight excluding hydrogens is 152 g/mol. The van der Waals surface area contributed by atoms with E-state index in [1.165, 1.54) is 5.69 Å². The van der Waals surface area contributed by atoms with Crippen LogP contribution < -0.4 is 0 Å². The van der Waals surface area contributed by atoms with E-state index in [2.05, 4.69) is 12.0 Å². The number of carbonyl (C=O) groups is 1. The van der Waals surface area contributed by atoms with E-state index in [0.717, 1.165) is 18.5 Å². The van der Waals surface area contributed by atoms with Crippen molar-refractivity contribution in [3.8, 4) is 0 Å². The van der Waals surface area contributed by atoms with Crippen LogP contribution in [0, 0.1) is 0 Å². The summed E-state index contributed by atoms with van der Waals surface area (Å²) in [7, 11) is 0. The van der Waals surface area contributed by atoms with E-state index >= 15 is 0 Å². The van der Waals surface area contributed by atoms with Gasteiger partial charge in [0, 0.05) is 30.6 Å². The highest BCUT2D eigenvalue weighted by molar-refractivity contribution is 5.82. The highest BCUT2D eigenvalue weighted by atomic mass is 16.1. The standard InChI is InChI=1S/C9H12N2O/c1-2-11-9-4-3-8(12)5-7(9)6-10-11/h6H,2-5H2,1H3. The van der Waals surface area contributed by atoms with Gasteiger partial charge >= 0.3 is 0 Å². The van der Waals surface area contributed by atoms with Crippen molar-refractivity contribution < 1.29 is 4.79 Å². The average Bonchev–Trinajstić information content (AvgIpc) is 2.46. The van der Waals surface area contributed by atoms with Gasteiger partial charge in [-0.2, -0.15) is 5.10 Å². The van der Waals surface area contributed by atoms with Gasteiger partial charge in [-0.25, -0.2) is 0 Å². The Bertz CT molecular complexity index is 314. The second-order valence-electron chi connectivity index (χ2n) is 3.15. The minimum absolute atomic E-state index is 0.346. The van der Waals surface area contributed by atoms with Crippen LogP contribution >= 0.6 is 0 Å². The van der Waals surface area contributed by atoms with Gasteiger partial charge < -0.3 is 0 Å². The molecule has 1 aliphatic carbocycles. The van der Waals surface area contributed by atoms with Crippen molar-refractivity contribution >= 4 is 5.78 Å². The Morgan fingerprint density at radius 1 is 1.58 bits per heavy atom. The first-order chi connectivity index (χ1) is 5.81. The molecule has 1 aromatic rings. The van der Waals surface area contributed by atoms with Crippen molar-refractivity contribution in [2.24, 2.45) is 0 Å². The van der Waals surface area contributed by atoms with E-state index in [0.29, 0.717) is 18.6 Å². The lowest BCUT2D eigenvalue weighted by Gasteiger charge is -2.11. The fourth-order valence-corrected chi connectivity index (χ4v) is 1.72. The fraction of sp³-hybridized carbons (Fsp3) is 0.556. The molecule has 1 aromatic heterocycles. The van der Waals surface area contributed by atoms with Crippen molar-refractivity contribution in [3.63, 3.8) is 0 Å². The van der Waals surface area contributed by atoms with Crippen molar-refractivity contribution in [1.29, 1.82) is 0 Å². The number of fused-ring (bicyclic) bond motifs is 1. The predicted octanol–water partition coefficient (Wildman–Crippen LogP) is 0.961. The second-order valence-corrected chi connectivity index (χ2v) is 3.15. The molecule has 0 fully saturated rings. The third-order valence-corrected chi connectivity index (χ3v) is 2.36. The van der Waals surface area contributed by atoms with Gasteiger partial charge in [-0.05, 0) is 13.3 Å². The zero-order chi connectivity index (χ0) is 8.55. The van der Waals surface area contributed by atoms with Crippen LogP contribution in [0.4, 0.5) is 0 Å². The van der Waals surface area contributed by atoms with Crippen LogP contribution in [0.25, 0.3) is 0 Å². The summed E-state index contributed by atoms with van der Waals surface area (Å²) in [4.78, 5) is 11.1. The maximum atomic E-state index is 11.1. The Hall–Kier alpha value is -1.12. The molecule has 12 heavy (non-hydrogen) atoms. The molecule has 0 N–H and O–H groups in total. The molecule has 0 unspecified atom stereocenters. The summed E-state index contributed by atoms with van der Waals surface area (Å²) in [6.07, 6.45) is 3.99. The quantitative estimate of drug-likeness (QED) is 0.619. The SMILES string of the molecule is CCn1ncc2c1CCC(=O)C2. The summed E-state index contributed by atoms with van der Waals surface area (Å²) in [5.41, 5.74) is 2.39. The van der Waals surface area contributed by atoms with Crippen LogP contribution in [0.5, 0.6) is 0 Å². The number of hydrogen-bond donors (Lipinski definition) is 0. The maximum Gasteiger partial charge on any atom is 0.137 e. The molecule has 3 heteroatoms. The highest BCUT2D eigenvalue weighted by Crippen LogP contribution is 2.18. The number of carbonyl (C=O) groups excluding carboxylic acids is 1. The molecule has 1 aliphatic rings. The maximum absolute atomic E-state index is 11.1. The van der Waals surface area contributed by atoms with Gasteiger partial charge in [-0.1, -0.05) is 0 Å². The van der Waals surface area contributed by atoms with E-state index < -0.39 is 0 Å². The Morgan fingerprint density at radius 3 is 3.17 bits per heavy atom. The predicted molar refractivity (Wildman–Crippen MR) is 44.9 cm³/mol. The first-order valence-corrected chi connectivity index (χ1v) is 4.36. The van der Waals surface area contributed by atoms with Gasteiger partial charge in [0.2, 0.25) is 0 Å². The Kier molecular flexibility index (Phi) is 1.71. The van der Waals surface area contributed by atoms with Crippen LogP contribution in [0.1, 0.15) is 24.6 Å². The number of aromatic nitrogens is 2. The van der Waals surface area contributed by atoms with Crippen molar-refractivity contribution in [2.45, 2.75) is 32.7 Å². The highest BCUT2D eigenvalue weighted by Gasteiger charge is 2.18. The first kappa shape index (κ1) is 7.53. The summed E-state index contributed by atoms with van der Waals surface area (Å²) in [5, 5.41) is 4.22. The monoisotopic (exact) mass is 164 g/mol. The number of rotatable bonds is 1. The summed E-state index contributed by atoms with van der Waals surface area (Å²) in [6.45, 7) is 2.98. The topological polar surface area (TPSA) is 34.9 Å². The van der Waals surface area contributed by atoms with E-state index in [9.17, 15) is 4.79 Å². The molecule has 0 aliphatic heterocycles. The third kappa shape index (κ3) is 1.05. The van der Waals surface area contributed by atoms with Crippen LogP contribution in [0.3, 0.4) is 0 Å².